The Bertz CT molecular complexity index is 1130. The Morgan fingerprint density at radius 3 is 2.77 bits per heavy atom. The Kier molecular flexibility index (Phi) is 6.56. The number of pyridine rings is 1. The van der Waals surface area contributed by atoms with Crippen LogP contribution in [0.25, 0.3) is 11.3 Å². The van der Waals surface area contributed by atoms with E-state index in [1.54, 1.807) is 0 Å². The number of nitrogens with one attached hydrogen (secondary N) is 1. The predicted octanol–water partition coefficient (Wildman–Crippen LogP) is 2.95. The van der Waals surface area contributed by atoms with Crippen molar-refractivity contribution in [3.8, 4) is 5.69 Å². The van der Waals surface area contributed by atoms with Crippen molar-refractivity contribution in [2.75, 3.05) is 20.1 Å². The van der Waals surface area contributed by atoms with Gasteiger partial charge < -0.3 is 10.2 Å². The molecule has 160 valence electrons. The SMILES string of the molecule is CCNC(=NCCCc1nnc2ccccn12)N(C)Cc1cnn(-c2ccccc2)c1. The number of hydrogen-bond acceptors (Lipinski definition) is 4. The molecule has 0 radical (unpaired) electrons. The van der Waals surface area contributed by atoms with E-state index in [4.69, 9.17) is 4.99 Å². The van der Waals surface area contributed by atoms with Crippen molar-refractivity contribution in [3.63, 3.8) is 0 Å². The number of rotatable bonds is 8. The molecule has 0 unspecified atom stereocenters. The van der Waals surface area contributed by atoms with Crippen LogP contribution in [0.1, 0.15) is 24.7 Å². The van der Waals surface area contributed by atoms with Gasteiger partial charge in [0.05, 0.1) is 11.9 Å². The van der Waals surface area contributed by atoms with E-state index in [2.05, 4.69) is 38.6 Å². The van der Waals surface area contributed by atoms with Gasteiger partial charge in [0.2, 0.25) is 0 Å². The lowest BCUT2D eigenvalue weighted by Crippen LogP contribution is -2.38. The maximum atomic E-state index is 4.80. The molecule has 0 aliphatic carbocycles. The van der Waals surface area contributed by atoms with Gasteiger partial charge in [-0.3, -0.25) is 9.39 Å². The summed E-state index contributed by atoms with van der Waals surface area (Å²) in [5.74, 6) is 1.86. The molecule has 3 aromatic heterocycles. The van der Waals surface area contributed by atoms with E-state index in [-0.39, 0.29) is 0 Å². The van der Waals surface area contributed by atoms with Crippen LogP contribution in [-0.2, 0) is 13.0 Å². The van der Waals surface area contributed by atoms with E-state index in [1.807, 2.05) is 77.1 Å². The zero-order chi connectivity index (χ0) is 21.5. The van der Waals surface area contributed by atoms with Crippen LogP contribution < -0.4 is 5.32 Å². The Morgan fingerprint density at radius 1 is 1.10 bits per heavy atom. The van der Waals surface area contributed by atoms with Crippen molar-refractivity contribution >= 4 is 11.6 Å². The van der Waals surface area contributed by atoms with Gasteiger partial charge in [-0.2, -0.15) is 5.10 Å². The molecule has 3 heterocycles. The second-order valence-corrected chi connectivity index (χ2v) is 7.37. The average molecular weight is 417 g/mol. The molecular formula is C23H28N8. The number of aromatic nitrogens is 5. The van der Waals surface area contributed by atoms with Crippen LogP contribution in [0.4, 0.5) is 0 Å². The first kappa shape index (κ1) is 20.6. The van der Waals surface area contributed by atoms with Gasteiger partial charge in [0.15, 0.2) is 11.6 Å². The van der Waals surface area contributed by atoms with E-state index in [1.165, 1.54) is 0 Å². The van der Waals surface area contributed by atoms with Crippen LogP contribution in [-0.4, -0.2) is 55.4 Å². The molecule has 4 rings (SSSR count). The molecule has 0 amide bonds. The monoisotopic (exact) mass is 416 g/mol. The number of nitrogens with zero attached hydrogens (tertiary/aromatic N) is 7. The Morgan fingerprint density at radius 2 is 1.94 bits per heavy atom. The molecule has 0 spiro atoms. The molecule has 0 aliphatic heterocycles. The zero-order valence-electron chi connectivity index (χ0n) is 18.0. The van der Waals surface area contributed by atoms with Crippen LogP contribution in [0.5, 0.6) is 0 Å². The summed E-state index contributed by atoms with van der Waals surface area (Å²) in [6.07, 6.45) is 7.71. The quantitative estimate of drug-likeness (QED) is 0.272. The van der Waals surface area contributed by atoms with E-state index in [9.17, 15) is 0 Å². The summed E-state index contributed by atoms with van der Waals surface area (Å²) in [7, 11) is 2.05. The number of para-hydroxylation sites is 1. The van der Waals surface area contributed by atoms with Gasteiger partial charge in [-0.25, -0.2) is 4.68 Å². The van der Waals surface area contributed by atoms with Gasteiger partial charge in [-0.15, -0.1) is 10.2 Å². The minimum atomic E-state index is 0.720. The minimum absolute atomic E-state index is 0.720. The van der Waals surface area contributed by atoms with E-state index >= 15 is 0 Å². The second kappa shape index (κ2) is 9.88. The summed E-state index contributed by atoms with van der Waals surface area (Å²) in [6.45, 7) is 4.35. The number of aliphatic imine (C=N–C) groups is 1. The van der Waals surface area contributed by atoms with Gasteiger partial charge in [0.1, 0.15) is 5.82 Å². The number of aryl methyl sites for hydroxylation is 1. The van der Waals surface area contributed by atoms with Gasteiger partial charge in [0.25, 0.3) is 0 Å². The highest BCUT2D eigenvalue weighted by Gasteiger charge is 2.09. The molecule has 1 N–H and O–H groups in total. The average Bonchev–Trinajstić information content (AvgIpc) is 3.44. The molecule has 31 heavy (non-hydrogen) atoms. The molecule has 0 fully saturated rings. The van der Waals surface area contributed by atoms with Crippen LogP contribution in [0, 0.1) is 0 Å². The predicted molar refractivity (Wildman–Crippen MR) is 122 cm³/mol. The lowest BCUT2D eigenvalue weighted by atomic mass is 10.3. The number of fused-ring (bicyclic) bond motifs is 1. The second-order valence-electron chi connectivity index (χ2n) is 7.37. The largest absolute Gasteiger partial charge is 0.357 e. The van der Waals surface area contributed by atoms with Crippen LogP contribution in [0.3, 0.4) is 0 Å². The fraction of sp³-hybridized carbons (Fsp3) is 0.304. The molecule has 8 nitrogen and oxygen atoms in total. The maximum Gasteiger partial charge on any atom is 0.193 e. The van der Waals surface area contributed by atoms with Gasteiger partial charge in [-0.05, 0) is 37.6 Å². The highest BCUT2D eigenvalue weighted by Crippen LogP contribution is 2.10. The van der Waals surface area contributed by atoms with Crippen LogP contribution >= 0.6 is 0 Å². The summed E-state index contributed by atoms with van der Waals surface area (Å²) in [6, 6.07) is 16.1. The first-order chi connectivity index (χ1) is 15.2. The standard InChI is InChI=1S/C23H28N8/c1-3-24-23(25-14-9-13-22-28-27-21-12-7-8-15-30(21)22)29(2)17-19-16-26-31(18-19)20-10-5-4-6-11-20/h4-8,10-12,15-16,18H,3,9,13-14,17H2,1-2H3,(H,24,25). The summed E-state index contributed by atoms with van der Waals surface area (Å²) in [4.78, 5) is 6.93. The van der Waals surface area contributed by atoms with Crippen molar-refractivity contribution < 1.29 is 0 Å². The highest BCUT2D eigenvalue weighted by atomic mass is 15.3. The number of hydrogen-bond donors (Lipinski definition) is 1. The smallest absolute Gasteiger partial charge is 0.193 e. The molecule has 0 aliphatic rings. The molecule has 0 bridgehead atoms. The minimum Gasteiger partial charge on any atom is -0.357 e. The van der Waals surface area contributed by atoms with Crippen molar-refractivity contribution in [1.29, 1.82) is 0 Å². The molecule has 8 heteroatoms. The van der Waals surface area contributed by atoms with Gasteiger partial charge in [0, 0.05) is 51.1 Å². The molecule has 0 saturated carbocycles. The van der Waals surface area contributed by atoms with Crippen LogP contribution in [0.2, 0.25) is 0 Å². The first-order valence-corrected chi connectivity index (χ1v) is 10.6. The molecule has 0 saturated heterocycles. The Balaban J connectivity index is 1.35. The third kappa shape index (κ3) is 5.09. The summed E-state index contributed by atoms with van der Waals surface area (Å²) >= 11 is 0. The van der Waals surface area contributed by atoms with E-state index < -0.39 is 0 Å². The Hall–Kier alpha value is -3.68. The van der Waals surface area contributed by atoms with Crippen molar-refractivity contribution in [2.24, 2.45) is 4.99 Å². The van der Waals surface area contributed by atoms with Crippen molar-refractivity contribution in [1.82, 2.24) is 34.6 Å². The summed E-state index contributed by atoms with van der Waals surface area (Å²) in [5.41, 5.74) is 3.06. The number of guanidine groups is 1. The summed E-state index contributed by atoms with van der Waals surface area (Å²) in [5, 5.41) is 16.4. The zero-order valence-corrected chi connectivity index (χ0v) is 18.0. The molecule has 4 aromatic rings. The number of benzene rings is 1. The third-order valence-corrected chi connectivity index (χ3v) is 4.98. The maximum absolute atomic E-state index is 4.80. The fourth-order valence-electron chi connectivity index (χ4n) is 3.47. The highest BCUT2D eigenvalue weighted by molar-refractivity contribution is 5.79. The molecule has 1 aromatic carbocycles. The summed E-state index contributed by atoms with van der Waals surface area (Å²) < 4.78 is 3.93. The third-order valence-electron chi connectivity index (χ3n) is 4.98. The molecule has 0 atom stereocenters. The topological polar surface area (TPSA) is 75.6 Å². The van der Waals surface area contributed by atoms with E-state index in [0.29, 0.717) is 0 Å². The van der Waals surface area contributed by atoms with Gasteiger partial charge >= 0.3 is 0 Å². The van der Waals surface area contributed by atoms with Crippen LogP contribution in [0.15, 0.2) is 72.1 Å². The van der Waals surface area contributed by atoms with E-state index in [0.717, 1.165) is 61.2 Å². The van der Waals surface area contributed by atoms with Crippen molar-refractivity contribution in [3.05, 3.63) is 78.5 Å². The lowest BCUT2D eigenvalue weighted by Gasteiger charge is -2.21. The lowest BCUT2D eigenvalue weighted by molar-refractivity contribution is 0.476. The fourth-order valence-corrected chi connectivity index (χ4v) is 3.47. The van der Waals surface area contributed by atoms with Gasteiger partial charge in [-0.1, -0.05) is 24.3 Å². The molecular weight excluding hydrogens is 388 g/mol. The Labute approximate surface area is 182 Å². The van der Waals surface area contributed by atoms with Crippen molar-refractivity contribution in [2.45, 2.75) is 26.3 Å². The first-order valence-electron chi connectivity index (χ1n) is 10.6. The normalized spacial score (nSPS) is 11.7.